The largest absolute Gasteiger partial charge is 0.508 e. The molecule has 0 radical (unpaired) electrons. The van der Waals surface area contributed by atoms with Gasteiger partial charge in [-0.25, -0.2) is 0 Å². The number of aryl methyl sites for hydroxylation is 2. The minimum absolute atomic E-state index is 0.142. The zero-order valence-corrected chi connectivity index (χ0v) is 11.3. The summed E-state index contributed by atoms with van der Waals surface area (Å²) in [6.07, 6.45) is 1.51. The molecule has 1 amide bonds. The van der Waals surface area contributed by atoms with Gasteiger partial charge in [-0.1, -0.05) is 6.07 Å². The maximum atomic E-state index is 12.5. The number of nitrogens with zero attached hydrogens (tertiary/aromatic N) is 1. The van der Waals surface area contributed by atoms with Gasteiger partial charge in [-0.2, -0.15) is 0 Å². The number of carbonyl (C=O) groups is 1. The highest BCUT2D eigenvalue weighted by molar-refractivity contribution is 6.05. The van der Waals surface area contributed by atoms with Crippen LogP contribution in [0.2, 0.25) is 0 Å². The molecule has 0 aliphatic rings. The zero-order valence-electron chi connectivity index (χ0n) is 11.3. The van der Waals surface area contributed by atoms with E-state index in [1.54, 1.807) is 29.2 Å². The van der Waals surface area contributed by atoms with Gasteiger partial charge in [-0.15, -0.1) is 0 Å². The van der Waals surface area contributed by atoms with Crippen LogP contribution in [0.25, 0.3) is 0 Å². The van der Waals surface area contributed by atoms with Crippen molar-refractivity contribution in [2.75, 3.05) is 11.4 Å². The third-order valence-electron chi connectivity index (χ3n) is 3.10. The monoisotopic (exact) mass is 259 g/mol. The highest BCUT2D eigenvalue weighted by Gasteiger charge is 2.22. The SMILES string of the molecule is CCN(C(=O)c1occc1C)c1cc(O)ccc1C. The minimum atomic E-state index is -0.196. The number of hydrogen-bond donors (Lipinski definition) is 1. The van der Waals surface area contributed by atoms with Gasteiger partial charge >= 0.3 is 0 Å². The Morgan fingerprint density at radius 1 is 1.26 bits per heavy atom. The molecule has 2 aromatic rings. The highest BCUT2D eigenvalue weighted by atomic mass is 16.3. The first-order chi connectivity index (χ1) is 9.04. The maximum absolute atomic E-state index is 12.5. The number of amides is 1. The highest BCUT2D eigenvalue weighted by Crippen LogP contribution is 2.26. The van der Waals surface area contributed by atoms with Crippen LogP contribution in [0, 0.1) is 13.8 Å². The van der Waals surface area contributed by atoms with Crippen molar-refractivity contribution in [3.63, 3.8) is 0 Å². The van der Waals surface area contributed by atoms with Gasteiger partial charge in [0.2, 0.25) is 0 Å². The molecule has 0 fully saturated rings. The number of anilines is 1. The van der Waals surface area contributed by atoms with Gasteiger partial charge in [-0.3, -0.25) is 4.79 Å². The fourth-order valence-corrected chi connectivity index (χ4v) is 2.03. The molecule has 0 saturated heterocycles. The Kier molecular flexibility index (Phi) is 3.60. The van der Waals surface area contributed by atoms with E-state index in [1.165, 1.54) is 6.26 Å². The van der Waals surface area contributed by atoms with Crippen molar-refractivity contribution in [1.29, 1.82) is 0 Å². The summed E-state index contributed by atoms with van der Waals surface area (Å²) in [5.74, 6) is 0.284. The Balaban J connectivity index is 2.43. The molecule has 0 saturated carbocycles. The van der Waals surface area contributed by atoms with E-state index in [4.69, 9.17) is 4.42 Å². The molecule has 19 heavy (non-hydrogen) atoms. The molecule has 0 aliphatic heterocycles. The lowest BCUT2D eigenvalue weighted by molar-refractivity contribution is 0.0960. The van der Waals surface area contributed by atoms with Crippen LogP contribution in [-0.2, 0) is 0 Å². The lowest BCUT2D eigenvalue weighted by Gasteiger charge is -2.22. The van der Waals surface area contributed by atoms with Gasteiger partial charge in [0.25, 0.3) is 5.91 Å². The van der Waals surface area contributed by atoms with Crippen LogP contribution >= 0.6 is 0 Å². The van der Waals surface area contributed by atoms with Crippen LogP contribution < -0.4 is 4.90 Å². The summed E-state index contributed by atoms with van der Waals surface area (Å²) < 4.78 is 5.25. The quantitative estimate of drug-likeness (QED) is 0.920. The summed E-state index contributed by atoms with van der Waals surface area (Å²) in [4.78, 5) is 14.1. The molecule has 0 atom stereocenters. The Bertz CT molecular complexity index is 601. The molecule has 1 heterocycles. The second-order valence-electron chi connectivity index (χ2n) is 4.45. The molecule has 2 rings (SSSR count). The number of carbonyl (C=O) groups excluding carboxylic acids is 1. The van der Waals surface area contributed by atoms with E-state index in [9.17, 15) is 9.90 Å². The summed E-state index contributed by atoms with van der Waals surface area (Å²) in [5, 5.41) is 9.59. The molecule has 100 valence electrons. The Morgan fingerprint density at radius 3 is 2.58 bits per heavy atom. The predicted molar refractivity (Wildman–Crippen MR) is 73.6 cm³/mol. The van der Waals surface area contributed by atoms with Crippen molar-refractivity contribution in [3.05, 3.63) is 47.4 Å². The zero-order chi connectivity index (χ0) is 14.0. The number of phenols is 1. The third-order valence-corrected chi connectivity index (χ3v) is 3.10. The van der Waals surface area contributed by atoms with Crippen LogP contribution in [0.3, 0.4) is 0 Å². The van der Waals surface area contributed by atoms with Crippen molar-refractivity contribution < 1.29 is 14.3 Å². The van der Waals surface area contributed by atoms with Gasteiger partial charge in [0, 0.05) is 18.2 Å². The number of phenolic OH excluding ortho intramolecular Hbond substituents is 1. The van der Waals surface area contributed by atoms with Crippen molar-refractivity contribution in [3.8, 4) is 5.75 Å². The van der Waals surface area contributed by atoms with Crippen LogP contribution in [-0.4, -0.2) is 17.6 Å². The second-order valence-corrected chi connectivity index (χ2v) is 4.45. The Morgan fingerprint density at radius 2 is 2.00 bits per heavy atom. The normalized spacial score (nSPS) is 10.5. The number of furan rings is 1. The molecule has 0 bridgehead atoms. The molecule has 4 heteroatoms. The lowest BCUT2D eigenvalue weighted by Crippen LogP contribution is -2.31. The van der Waals surface area contributed by atoms with Gasteiger partial charge in [0.1, 0.15) is 5.75 Å². The summed E-state index contributed by atoms with van der Waals surface area (Å²) in [5.41, 5.74) is 2.43. The van der Waals surface area contributed by atoms with E-state index in [-0.39, 0.29) is 11.7 Å². The lowest BCUT2D eigenvalue weighted by atomic mass is 10.1. The minimum Gasteiger partial charge on any atom is -0.508 e. The Hall–Kier alpha value is -2.23. The van der Waals surface area contributed by atoms with Crippen molar-refractivity contribution in [1.82, 2.24) is 0 Å². The summed E-state index contributed by atoms with van der Waals surface area (Å²) in [6.45, 7) is 6.13. The first-order valence-corrected chi connectivity index (χ1v) is 6.20. The molecule has 1 aromatic carbocycles. The van der Waals surface area contributed by atoms with Crippen LogP contribution in [0.4, 0.5) is 5.69 Å². The van der Waals surface area contributed by atoms with Crippen molar-refractivity contribution in [2.24, 2.45) is 0 Å². The second kappa shape index (κ2) is 5.18. The molecule has 0 unspecified atom stereocenters. The molecule has 1 N–H and O–H groups in total. The average molecular weight is 259 g/mol. The van der Waals surface area contributed by atoms with Gasteiger partial charge in [-0.05, 0) is 38.5 Å². The van der Waals surface area contributed by atoms with Crippen molar-refractivity contribution >= 4 is 11.6 Å². The molecule has 1 aromatic heterocycles. The van der Waals surface area contributed by atoms with Gasteiger partial charge < -0.3 is 14.4 Å². The summed E-state index contributed by atoms with van der Waals surface area (Å²) >= 11 is 0. The smallest absolute Gasteiger partial charge is 0.294 e. The molecular weight excluding hydrogens is 242 g/mol. The average Bonchev–Trinajstić information content (AvgIpc) is 2.80. The molecular formula is C15H17NO3. The fourth-order valence-electron chi connectivity index (χ4n) is 2.03. The van der Waals surface area contributed by atoms with E-state index in [0.29, 0.717) is 18.0 Å². The first-order valence-electron chi connectivity index (χ1n) is 6.20. The molecule has 4 nitrogen and oxygen atoms in total. The number of rotatable bonds is 3. The van der Waals surface area contributed by atoms with Gasteiger partial charge in [0.15, 0.2) is 5.76 Å². The number of hydrogen-bond acceptors (Lipinski definition) is 3. The summed E-state index contributed by atoms with van der Waals surface area (Å²) in [6, 6.07) is 6.75. The van der Waals surface area contributed by atoms with E-state index >= 15 is 0 Å². The topological polar surface area (TPSA) is 53.7 Å². The number of aromatic hydroxyl groups is 1. The standard InChI is InChI=1S/C15H17NO3/c1-4-16(13-9-12(17)6-5-10(13)2)15(18)14-11(3)7-8-19-14/h5-9,17H,4H2,1-3H3. The number of benzene rings is 1. The maximum Gasteiger partial charge on any atom is 0.294 e. The Labute approximate surface area is 112 Å². The van der Waals surface area contributed by atoms with Crippen molar-refractivity contribution in [2.45, 2.75) is 20.8 Å². The van der Waals surface area contributed by atoms with E-state index in [0.717, 1.165) is 11.1 Å². The third kappa shape index (κ3) is 2.47. The van der Waals surface area contributed by atoms with Crippen LogP contribution in [0.1, 0.15) is 28.6 Å². The summed E-state index contributed by atoms with van der Waals surface area (Å²) in [7, 11) is 0. The van der Waals surface area contributed by atoms with E-state index < -0.39 is 0 Å². The molecule has 0 aliphatic carbocycles. The molecule has 0 spiro atoms. The fraction of sp³-hybridized carbons (Fsp3) is 0.267. The van der Waals surface area contributed by atoms with E-state index in [1.807, 2.05) is 20.8 Å². The van der Waals surface area contributed by atoms with E-state index in [2.05, 4.69) is 0 Å². The van der Waals surface area contributed by atoms with Gasteiger partial charge in [0.05, 0.1) is 12.0 Å². The predicted octanol–water partition coefficient (Wildman–Crippen LogP) is 3.27. The van der Waals surface area contributed by atoms with Crippen LogP contribution in [0.5, 0.6) is 5.75 Å². The van der Waals surface area contributed by atoms with Crippen LogP contribution in [0.15, 0.2) is 34.9 Å². The first kappa shape index (κ1) is 13.2.